The molecule has 0 unspecified atom stereocenters. The summed E-state index contributed by atoms with van der Waals surface area (Å²) in [6, 6.07) is 21.7. The lowest BCUT2D eigenvalue weighted by atomic mass is 9.99. The van der Waals surface area contributed by atoms with E-state index in [1.165, 1.54) is 23.9 Å². The van der Waals surface area contributed by atoms with Gasteiger partial charge in [-0.1, -0.05) is 42.5 Å². The van der Waals surface area contributed by atoms with Crippen molar-refractivity contribution in [1.82, 2.24) is 14.8 Å². The summed E-state index contributed by atoms with van der Waals surface area (Å²) in [6.07, 6.45) is 2.23. The molecule has 0 saturated carbocycles. The van der Waals surface area contributed by atoms with E-state index >= 15 is 0 Å². The van der Waals surface area contributed by atoms with Crippen LogP contribution in [-0.4, -0.2) is 21.9 Å². The van der Waals surface area contributed by atoms with Crippen molar-refractivity contribution in [3.63, 3.8) is 0 Å². The van der Waals surface area contributed by atoms with E-state index in [0.29, 0.717) is 40.6 Å². The molecule has 6 heteroatoms. The van der Waals surface area contributed by atoms with Crippen LogP contribution in [-0.2, 0) is 13.0 Å². The zero-order valence-electron chi connectivity index (χ0n) is 17.5. The smallest absolute Gasteiger partial charge is 0.275 e. The third kappa shape index (κ3) is 3.60. The molecule has 32 heavy (non-hydrogen) atoms. The van der Waals surface area contributed by atoms with Gasteiger partial charge in [0, 0.05) is 28.5 Å². The summed E-state index contributed by atoms with van der Waals surface area (Å²) >= 11 is 0. The monoisotopic (exact) mass is 425 g/mol. The summed E-state index contributed by atoms with van der Waals surface area (Å²) in [5, 5.41) is 6.60. The highest BCUT2D eigenvalue weighted by atomic mass is 19.1. The Kier molecular flexibility index (Phi) is 5.11. The fourth-order valence-electron chi connectivity index (χ4n) is 3.97. The second-order valence-corrected chi connectivity index (χ2v) is 7.53. The number of ether oxygens (including phenoxy) is 1. The number of benzene rings is 3. The van der Waals surface area contributed by atoms with Crippen LogP contribution in [0.3, 0.4) is 0 Å². The number of halogens is 1. The van der Waals surface area contributed by atoms with E-state index in [9.17, 15) is 9.18 Å². The Labute approximate surface area is 183 Å². The van der Waals surface area contributed by atoms with Gasteiger partial charge in [-0.25, -0.2) is 9.07 Å². The first-order valence-corrected chi connectivity index (χ1v) is 10.3. The average molecular weight is 425 g/mol. The molecule has 2 aromatic heterocycles. The number of aromatic nitrogens is 3. The molecule has 0 N–H and O–H groups in total. The lowest BCUT2D eigenvalue weighted by Gasteiger charge is -2.12. The number of hydrogen-bond donors (Lipinski definition) is 0. The fraction of sp³-hybridized carbons (Fsp3) is 0.115. The van der Waals surface area contributed by atoms with Gasteiger partial charge in [0.2, 0.25) is 0 Å². The first-order chi connectivity index (χ1) is 15.6. The number of aryl methyl sites for hydroxylation is 2. The molecule has 0 aliphatic heterocycles. The highest BCUT2D eigenvalue weighted by Crippen LogP contribution is 2.34. The Hall–Kier alpha value is -4.06. The molecule has 0 amide bonds. The predicted octanol–water partition coefficient (Wildman–Crippen LogP) is 5.00. The fourth-order valence-corrected chi connectivity index (χ4v) is 3.97. The van der Waals surface area contributed by atoms with Crippen LogP contribution in [0.1, 0.15) is 5.69 Å². The SMILES string of the molecule is COc1ccc(F)cc1-c1cccc2cnn(CCc3ccc4ccccc4n3)c(=O)c12. The number of fused-ring (bicyclic) bond motifs is 2. The molecule has 0 aliphatic rings. The molecule has 0 radical (unpaired) electrons. The van der Waals surface area contributed by atoms with Crippen LogP contribution in [0.5, 0.6) is 5.75 Å². The van der Waals surface area contributed by atoms with Crippen molar-refractivity contribution in [2.75, 3.05) is 7.11 Å². The maximum absolute atomic E-state index is 14.0. The van der Waals surface area contributed by atoms with Crippen molar-refractivity contribution < 1.29 is 9.13 Å². The molecular formula is C26H20FN3O2. The molecule has 158 valence electrons. The van der Waals surface area contributed by atoms with Crippen molar-refractivity contribution in [1.29, 1.82) is 0 Å². The minimum absolute atomic E-state index is 0.231. The van der Waals surface area contributed by atoms with E-state index in [-0.39, 0.29) is 5.56 Å². The number of nitrogens with zero attached hydrogens (tertiary/aromatic N) is 3. The predicted molar refractivity (Wildman–Crippen MR) is 123 cm³/mol. The van der Waals surface area contributed by atoms with Gasteiger partial charge in [-0.3, -0.25) is 9.78 Å². The van der Waals surface area contributed by atoms with Crippen molar-refractivity contribution >= 4 is 21.7 Å². The first-order valence-electron chi connectivity index (χ1n) is 10.3. The Balaban J connectivity index is 1.55. The molecule has 0 saturated heterocycles. The average Bonchev–Trinajstić information content (AvgIpc) is 2.83. The Bertz CT molecular complexity index is 1510. The van der Waals surface area contributed by atoms with E-state index < -0.39 is 5.82 Å². The molecule has 5 rings (SSSR count). The maximum atomic E-state index is 14.0. The molecule has 5 aromatic rings. The summed E-state index contributed by atoms with van der Waals surface area (Å²) in [6.45, 7) is 0.384. The number of methoxy groups -OCH3 is 1. The van der Waals surface area contributed by atoms with Crippen LogP contribution in [0, 0.1) is 5.82 Å². The van der Waals surface area contributed by atoms with Gasteiger partial charge in [-0.2, -0.15) is 5.10 Å². The van der Waals surface area contributed by atoms with E-state index in [0.717, 1.165) is 16.6 Å². The summed E-state index contributed by atoms with van der Waals surface area (Å²) < 4.78 is 20.9. The van der Waals surface area contributed by atoms with E-state index in [1.54, 1.807) is 18.3 Å². The standard InChI is InChI=1S/C26H20FN3O2/c1-32-24-12-10-19(27)15-22(24)21-7-4-6-18-16-28-30(26(31)25(18)21)14-13-20-11-9-17-5-2-3-8-23(17)29-20/h2-12,15-16H,13-14H2,1H3. The van der Waals surface area contributed by atoms with E-state index in [2.05, 4.69) is 10.1 Å². The minimum Gasteiger partial charge on any atom is -0.496 e. The quantitative estimate of drug-likeness (QED) is 0.398. The van der Waals surface area contributed by atoms with Crippen molar-refractivity contribution in [3.05, 3.63) is 101 Å². The lowest BCUT2D eigenvalue weighted by molar-refractivity contribution is 0.415. The first kappa shape index (κ1) is 19.9. The normalized spacial score (nSPS) is 11.2. The zero-order valence-corrected chi connectivity index (χ0v) is 17.5. The van der Waals surface area contributed by atoms with Gasteiger partial charge < -0.3 is 4.74 Å². The molecule has 0 bridgehead atoms. The van der Waals surface area contributed by atoms with Gasteiger partial charge in [0.05, 0.1) is 30.8 Å². The Morgan fingerprint density at radius 1 is 0.938 bits per heavy atom. The Morgan fingerprint density at radius 3 is 2.66 bits per heavy atom. The largest absolute Gasteiger partial charge is 0.496 e. The van der Waals surface area contributed by atoms with Gasteiger partial charge in [0.1, 0.15) is 11.6 Å². The molecule has 0 spiro atoms. The summed E-state index contributed by atoms with van der Waals surface area (Å²) in [7, 11) is 1.53. The van der Waals surface area contributed by atoms with Gasteiger partial charge in [0.25, 0.3) is 5.56 Å². The van der Waals surface area contributed by atoms with Crippen LogP contribution in [0.4, 0.5) is 4.39 Å². The molecule has 5 nitrogen and oxygen atoms in total. The topological polar surface area (TPSA) is 57.0 Å². The van der Waals surface area contributed by atoms with Crippen molar-refractivity contribution in [2.24, 2.45) is 0 Å². The highest BCUT2D eigenvalue weighted by molar-refractivity contribution is 5.97. The zero-order chi connectivity index (χ0) is 22.1. The van der Waals surface area contributed by atoms with E-state index in [4.69, 9.17) is 4.74 Å². The number of pyridine rings is 1. The van der Waals surface area contributed by atoms with Crippen LogP contribution < -0.4 is 10.3 Å². The number of hydrogen-bond acceptors (Lipinski definition) is 4. The van der Waals surface area contributed by atoms with Gasteiger partial charge in [-0.05, 0) is 35.9 Å². The van der Waals surface area contributed by atoms with Crippen molar-refractivity contribution in [3.8, 4) is 16.9 Å². The third-order valence-electron chi connectivity index (χ3n) is 5.57. The molecule has 0 aliphatic carbocycles. The molecule has 0 fully saturated rings. The lowest BCUT2D eigenvalue weighted by Crippen LogP contribution is -2.24. The van der Waals surface area contributed by atoms with E-state index in [1.807, 2.05) is 48.5 Å². The highest BCUT2D eigenvalue weighted by Gasteiger charge is 2.15. The number of para-hydroxylation sites is 1. The second-order valence-electron chi connectivity index (χ2n) is 7.53. The second kappa shape index (κ2) is 8.23. The van der Waals surface area contributed by atoms with Crippen LogP contribution in [0.2, 0.25) is 0 Å². The molecular weight excluding hydrogens is 405 g/mol. The Morgan fingerprint density at radius 2 is 1.78 bits per heavy atom. The summed E-state index contributed by atoms with van der Waals surface area (Å²) in [5.74, 6) is 0.108. The van der Waals surface area contributed by atoms with Gasteiger partial charge in [0.15, 0.2) is 0 Å². The van der Waals surface area contributed by atoms with Crippen LogP contribution in [0.25, 0.3) is 32.8 Å². The summed E-state index contributed by atoms with van der Waals surface area (Å²) in [5.41, 5.74) is 2.72. The van der Waals surface area contributed by atoms with Crippen LogP contribution in [0.15, 0.2) is 83.8 Å². The maximum Gasteiger partial charge on any atom is 0.275 e. The van der Waals surface area contributed by atoms with Crippen LogP contribution >= 0.6 is 0 Å². The van der Waals surface area contributed by atoms with Crippen molar-refractivity contribution in [2.45, 2.75) is 13.0 Å². The third-order valence-corrected chi connectivity index (χ3v) is 5.57. The molecule has 0 atom stereocenters. The van der Waals surface area contributed by atoms with Gasteiger partial charge in [-0.15, -0.1) is 0 Å². The molecule has 2 heterocycles. The molecule has 3 aromatic carbocycles. The van der Waals surface area contributed by atoms with Gasteiger partial charge >= 0.3 is 0 Å². The summed E-state index contributed by atoms with van der Waals surface area (Å²) in [4.78, 5) is 18.1. The minimum atomic E-state index is -0.394. The number of rotatable bonds is 5.